The number of amides is 2. The molecule has 0 radical (unpaired) electrons. The van der Waals surface area contributed by atoms with Gasteiger partial charge in [0.15, 0.2) is 5.69 Å². The number of fused-ring (bicyclic) bond motifs is 1. The molecule has 1 aromatic carbocycles. The molecule has 0 fully saturated rings. The van der Waals surface area contributed by atoms with E-state index in [0.717, 1.165) is 17.5 Å². The maximum Gasteiger partial charge on any atom is 0.290 e. The van der Waals surface area contributed by atoms with Gasteiger partial charge in [0.05, 0.1) is 5.39 Å². The average molecular weight is 326 g/mol. The van der Waals surface area contributed by atoms with Gasteiger partial charge in [-0.25, -0.2) is 4.68 Å². The number of rotatable bonds is 2. The number of hydrogen-bond acceptors (Lipinski definition) is 4. The number of aryl methyl sites for hydroxylation is 1. The van der Waals surface area contributed by atoms with E-state index >= 15 is 0 Å². The van der Waals surface area contributed by atoms with E-state index in [9.17, 15) is 14.4 Å². The van der Waals surface area contributed by atoms with Crippen LogP contribution >= 0.6 is 0 Å². The first-order valence-electron chi connectivity index (χ1n) is 7.79. The third-order valence-corrected chi connectivity index (χ3v) is 4.11. The van der Waals surface area contributed by atoms with Crippen molar-refractivity contribution in [2.45, 2.75) is 19.3 Å². The highest BCUT2D eigenvalue weighted by atomic mass is 16.2. The summed E-state index contributed by atoms with van der Waals surface area (Å²) in [6.07, 6.45) is 6.31. The van der Waals surface area contributed by atoms with E-state index in [0.29, 0.717) is 17.2 Å². The van der Waals surface area contributed by atoms with Gasteiger partial charge in [0.2, 0.25) is 5.91 Å². The molecule has 2 N–H and O–H groups in total. The molecule has 0 saturated carbocycles. The number of hydrazine groups is 1. The van der Waals surface area contributed by atoms with Crippen molar-refractivity contribution in [2.75, 3.05) is 0 Å². The molecular weight excluding hydrogens is 308 g/mol. The van der Waals surface area contributed by atoms with Gasteiger partial charge in [-0.1, -0.05) is 30.4 Å². The summed E-state index contributed by atoms with van der Waals surface area (Å²) in [6.45, 7) is 0. The maximum atomic E-state index is 12.4. The van der Waals surface area contributed by atoms with Crippen LogP contribution in [0.4, 0.5) is 0 Å². The zero-order chi connectivity index (χ0) is 17.1. The molecule has 0 spiro atoms. The van der Waals surface area contributed by atoms with Crippen molar-refractivity contribution in [3.05, 3.63) is 52.5 Å². The van der Waals surface area contributed by atoms with Crippen LogP contribution in [0.5, 0.6) is 0 Å². The van der Waals surface area contributed by atoms with Gasteiger partial charge in [-0.2, -0.15) is 5.10 Å². The quantitative estimate of drug-likeness (QED) is 0.637. The number of nitrogens with one attached hydrogen (secondary N) is 2. The van der Waals surface area contributed by atoms with Crippen molar-refractivity contribution in [2.24, 2.45) is 13.0 Å². The summed E-state index contributed by atoms with van der Waals surface area (Å²) in [7, 11) is 1.48. The zero-order valence-electron chi connectivity index (χ0n) is 13.3. The first-order chi connectivity index (χ1) is 11.6. The molecule has 2 amide bonds. The summed E-state index contributed by atoms with van der Waals surface area (Å²) < 4.78 is 1.12. The lowest BCUT2D eigenvalue weighted by molar-refractivity contribution is -0.126. The predicted octanol–water partition coefficient (Wildman–Crippen LogP) is 1.05. The SMILES string of the molecule is Cn1nc(C(=O)NNC(=O)[C@@H]2CC=CCC2)c2ccccc2c1=O. The molecule has 0 aliphatic heterocycles. The molecule has 1 aliphatic rings. The summed E-state index contributed by atoms with van der Waals surface area (Å²) in [5.41, 5.74) is 4.66. The molecule has 3 rings (SSSR count). The minimum absolute atomic E-state index is 0.0940. The number of carbonyl (C=O) groups is 2. The lowest BCUT2D eigenvalue weighted by Crippen LogP contribution is -2.45. The number of allylic oxidation sites excluding steroid dienone is 2. The van der Waals surface area contributed by atoms with Crippen LogP contribution in [0.3, 0.4) is 0 Å². The van der Waals surface area contributed by atoms with Crippen LogP contribution in [0.1, 0.15) is 29.8 Å². The van der Waals surface area contributed by atoms with Gasteiger partial charge >= 0.3 is 0 Å². The fraction of sp³-hybridized carbons (Fsp3) is 0.294. The Labute approximate surface area is 138 Å². The molecule has 2 aromatic rings. The van der Waals surface area contributed by atoms with Crippen LogP contribution in [0, 0.1) is 5.92 Å². The van der Waals surface area contributed by atoms with Crippen molar-refractivity contribution in [1.82, 2.24) is 20.6 Å². The van der Waals surface area contributed by atoms with Gasteiger partial charge < -0.3 is 0 Å². The molecule has 1 aromatic heterocycles. The number of aromatic nitrogens is 2. The molecule has 7 nitrogen and oxygen atoms in total. The Morgan fingerprint density at radius 1 is 1.17 bits per heavy atom. The first-order valence-corrected chi connectivity index (χ1v) is 7.79. The Hall–Kier alpha value is -2.96. The van der Waals surface area contributed by atoms with Gasteiger partial charge in [0.1, 0.15) is 0 Å². The van der Waals surface area contributed by atoms with Gasteiger partial charge in [-0.15, -0.1) is 0 Å². The minimum Gasteiger partial charge on any atom is -0.273 e. The Balaban J connectivity index is 1.79. The monoisotopic (exact) mass is 326 g/mol. The smallest absolute Gasteiger partial charge is 0.273 e. The zero-order valence-corrected chi connectivity index (χ0v) is 13.3. The Morgan fingerprint density at radius 3 is 2.62 bits per heavy atom. The van der Waals surface area contributed by atoms with Crippen molar-refractivity contribution >= 4 is 22.6 Å². The normalized spacial score (nSPS) is 16.8. The largest absolute Gasteiger partial charge is 0.290 e. The average Bonchev–Trinajstić information content (AvgIpc) is 2.63. The second-order valence-electron chi connectivity index (χ2n) is 5.75. The van der Waals surface area contributed by atoms with Crippen molar-refractivity contribution in [1.29, 1.82) is 0 Å². The first kappa shape index (κ1) is 15.9. The highest BCUT2D eigenvalue weighted by molar-refractivity contribution is 6.05. The van der Waals surface area contributed by atoms with E-state index in [-0.39, 0.29) is 23.1 Å². The van der Waals surface area contributed by atoms with Crippen molar-refractivity contribution in [3.63, 3.8) is 0 Å². The highest BCUT2D eigenvalue weighted by Crippen LogP contribution is 2.17. The number of carbonyl (C=O) groups excluding carboxylic acids is 2. The third kappa shape index (κ3) is 3.05. The van der Waals surface area contributed by atoms with Crippen molar-refractivity contribution < 1.29 is 9.59 Å². The molecule has 24 heavy (non-hydrogen) atoms. The Morgan fingerprint density at radius 2 is 1.92 bits per heavy atom. The molecule has 0 saturated heterocycles. The molecule has 1 atom stereocenters. The van der Waals surface area contributed by atoms with Crippen LogP contribution in [0.2, 0.25) is 0 Å². The fourth-order valence-corrected chi connectivity index (χ4v) is 2.78. The summed E-state index contributed by atoms with van der Waals surface area (Å²) in [4.78, 5) is 36.5. The Kier molecular flexibility index (Phi) is 4.41. The van der Waals surface area contributed by atoms with Gasteiger partial charge in [0.25, 0.3) is 11.5 Å². The van der Waals surface area contributed by atoms with Crippen LogP contribution in [-0.4, -0.2) is 21.6 Å². The van der Waals surface area contributed by atoms with Crippen LogP contribution in [-0.2, 0) is 11.8 Å². The van der Waals surface area contributed by atoms with Gasteiger partial charge in [0, 0.05) is 18.4 Å². The number of benzene rings is 1. The fourth-order valence-electron chi connectivity index (χ4n) is 2.78. The van der Waals surface area contributed by atoms with E-state index in [2.05, 4.69) is 16.0 Å². The second-order valence-corrected chi connectivity index (χ2v) is 5.75. The third-order valence-electron chi connectivity index (χ3n) is 4.11. The second kappa shape index (κ2) is 6.66. The number of nitrogens with zero attached hydrogens (tertiary/aromatic N) is 2. The summed E-state index contributed by atoms with van der Waals surface area (Å²) in [5, 5.41) is 4.88. The van der Waals surface area contributed by atoms with E-state index in [1.807, 2.05) is 12.2 Å². The lowest BCUT2D eigenvalue weighted by Gasteiger charge is -2.17. The summed E-state index contributed by atoms with van der Waals surface area (Å²) in [6, 6.07) is 6.76. The van der Waals surface area contributed by atoms with E-state index < -0.39 is 5.91 Å². The standard InChI is InChI=1S/C17H18N4O3/c1-21-17(24)13-10-6-5-9-12(13)14(20-21)16(23)19-18-15(22)11-7-3-2-4-8-11/h2-3,5-6,9-11H,4,7-8H2,1H3,(H,18,22)(H,19,23)/t11-/m1/s1. The lowest BCUT2D eigenvalue weighted by atomic mass is 9.94. The molecule has 124 valence electrons. The van der Waals surface area contributed by atoms with E-state index in [1.165, 1.54) is 7.05 Å². The molecular formula is C17H18N4O3. The van der Waals surface area contributed by atoms with Crippen molar-refractivity contribution in [3.8, 4) is 0 Å². The molecule has 1 aliphatic carbocycles. The van der Waals surface area contributed by atoms with Crippen LogP contribution in [0.25, 0.3) is 10.8 Å². The minimum atomic E-state index is -0.554. The summed E-state index contributed by atoms with van der Waals surface area (Å²) >= 11 is 0. The molecule has 7 heteroatoms. The van der Waals surface area contributed by atoms with Crippen LogP contribution < -0.4 is 16.4 Å². The van der Waals surface area contributed by atoms with E-state index in [1.54, 1.807) is 24.3 Å². The predicted molar refractivity (Wildman–Crippen MR) is 89.1 cm³/mol. The summed E-state index contributed by atoms with van der Waals surface area (Å²) in [5.74, 6) is -0.913. The van der Waals surface area contributed by atoms with Gasteiger partial charge in [-0.3, -0.25) is 25.2 Å². The Bertz CT molecular complexity index is 885. The molecule has 1 heterocycles. The maximum absolute atomic E-state index is 12.4. The topological polar surface area (TPSA) is 93.1 Å². The molecule has 0 unspecified atom stereocenters. The van der Waals surface area contributed by atoms with E-state index in [4.69, 9.17) is 0 Å². The van der Waals surface area contributed by atoms with Crippen LogP contribution in [0.15, 0.2) is 41.2 Å². The van der Waals surface area contributed by atoms with Gasteiger partial charge in [-0.05, 0) is 25.3 Å². The molecule has 0 bridgehead atoms. The highest BCUT2D eigenvalue weighted by Gasteiger charge is 2.20. The number of hydrogen-bond donors (Lipinski definition) is 2.